The van der Waals surface area contributed by atoms with E-state index in [0.29, 0.717) is 28.6 Å². The van der Waals surface area contributed by atoms with Crippen LogP contribution in [0.4, 0.5) is 14.6 Å². The summed E-state index contributed by atoms with van der Waals surface area (Å²) in [5.74, 6) is 0.578. The highest BCUT2D eigenvalue weighted by atomic mass is 19.3. The standard InChI is InChI=1S/C15H15F2N3O3/c16-15(17)23-12-5-3-10(7-13(12)22-8-9-1-2-9)11-4-6-14(18)20(21)19-11/h3-7,9,15H,1-2,8,18H2. The molecule has 8 heteroatoms. The summed E-state index contributed by atoms with van der Waals surface area (Å²) in [5.41, 5.74) is 6.32. The van der Waals surface area contributed by atoms with Gasteiger partial charge in [0.1, 0.15) is 5.69 Å². The second-order valence-electron chi connectivity index (χ2n) is 5.31. The fourth-order valence-corrected chi connectivity index (χ4v) is 2.04. The van der Waals surface area contributed by atoms with Gasteiger partial charge in [0.05, 0.1) is 6.61 Å². The number of anilines is 1. The van der Waals surface area contributed by atoms with Gasteiger partial charge in [-0.1, -0.05) is 5.10 Å². The van der Waals surface area contributed by atoms with Crippen LogP contribution < -0.4 is 20.1 Å². The normalized spacial score (nSPS) is 14.0. The molecule has 3 rings (SSSR count). The lowest BCUT2D eigenvalue weighted by molar-refractivity contribution is -0.653. The van der Waals surface area contributed by atoms with Gasteiger partial charge in [-0.3, -0.25) is 5.73 Å². The van der Waals surface area contributed by atoms with E-state index in [1.54, 1.807) is 6.07 Å². The molecule has 1 saturated carbocycles. The zero-order valence-corrected chi connectivity index (χ0v) is 12.1. The van der Waals surface area contributed by atoms with Crippen LogP contribution in [-0.4, -0.2) is 18.3 Å². The minimum atomic E-state index is -2.94. The number of nitrogen functional groups attached to an aromatic ring is 1. The van der Waals surface area contributed by atoms with Gasteiger partial charge in [0.15, 0.2) is 11.5 Å². The molecular weight excluding hydrogens is 308 g/mol. The number of hydrogen-bond acceptors (Lipinski definition) is 5. The lowest BCUT2D eigenvalue weighted by atomic mass is 10.1. The van der Waals surface area contributed by atoms with Crippen molar-refractivity contribution in [3.63, 3.8) is 0 Å². The first-order chi connectivity index (χ1) is 11.0. The number of hydrogen-bond donors (Lipinski definition) is 1. The molecular formula is C15H15F2N3O3. The van der Waals surface area contributed by atoms with Gasteiger partial charge in [0.25, 0.3) is 5.82 Å². The molecule has 2 N–H and O–H groups in total. The summed E-state index contributed by atoms with van der Waals surface area (Å²) in [6.07, 6.45) is 2.14. The van der Waals surface area contributed by atoms with Crippen molar-refractivity contribution in [1.82, 2.24) is 5.10 Å². The average Bonchev–Trinajstić information content (AvgIpc) is 3.33. The maximum Gasteiger partial charge on any atom is 0.387 e. The molecule has 0 unspecified atom stereocenters. The van der Waals surface area contributed by atoms with Gasteiger partial charge < -0.3 is 14.7 Å². The van der Waals surface area contributed by atoms with E-state index in [1.807, 2.05) is 0 Å². The first-order valence-corrected chi connectivity index (χ1v) is 7.11. The van der Waals surface area contributed by atoms with Crippen LogP contribution in [0.3, 0.4) is 0 Å². The van der Waals surface area contributed by atoms with Crippen LogP contribution in [0.2, 0.25) is 0 Å². The second-order valence-corrected chi connectivity index (χ2v) is 5.31. The van der Waals surface area contributed by atoms with Crippen LogP contribution in [0.5, 0.6) is 11.5 Å². The summed E-state index contributed by atoms with van der Waals surface area (Å²) in [5, 5.41) is 15.2. The minimum absolute atomic E-state index is 0.0309. The Labute approximate surface area is 131 Å². The molecule has 122 valence electrons. The molecule has 0 spiro atoms. The topological polar surface area (TPSA) is 84.3 Å². The molecule has 0 amide bonds. The third-order valence-corrected chi connectivity index (χ3v) is 3.46. The highest BCUT2D eigenvalue weighted by Gasteiger charge is 2.23. The predicted octanol–water partition coefficient (Wildman–Crippen LogP) is 2.35. The van der Waals surface area contributed by atoms with Gasteiger partial charge >= 0.3 is 6.61 Å². The summed E-state index contributed by atoms with van der Waals surface area (Å²) in [6.45, 7) is -2.50. The van der Waals surface area contributed by atoms with E-state index in [1.165, 1.54) is 24.3 Å². The van der Waals surface area contributed by atoms with Crippen LogP contribution in [0.15, 0.2) is 30.3 Å². The van der Waals surface area contributed by atoms with Crippen molar-refractivity contribution in [2.24, 2.45) is 5.92 Å². The molecule has 1 aromatic carbocycles. The number of halogens is 2. The van der Waals surface area contributed by atoms with Crippen molar-refractivity contribution in [3.05, 3.63) is 35.5 Å². The Bertz CT molecular complexity index is 708. The number of alkyl halides is 2. The third kappa shape index (κ3) is 3.77. The van der Waals surface area contributed by atoms with Crippen LogP contribution in [0, 0.1) is 11.1 Å². The van der Waals surface area contributed by atoms with Crippen LogP contribution in [0.1, 0.15) is 12.8 Å². The van der Waals surface area contributed by atoms with Gasteiger partial charge in [-0.05, 0) is 43.0 Å². The van der Waals surface area contributed by atoms with Crippen molar-refractivity contribution in [2.75, 3.05) is 12.3 Å². The second kappa shape index (κ2) is 6.23. The van der Waals surface area contributed by atoms with Gasteiger partial charge in [0, 0.05) is 11.6 Å². The minimum Gasteiger partial charge on any atom is -0.691 e. The molecule has 1 aromatic heterocycles. The van der Waals surface area contributed by atoms with Gasteiger partial charge in [0.2, 0.25) is 0 Å². The number of ether oxygens (including phenoxy) is 2. The Morgan fingerprint density at radius 3 is 2.70 bits per heavy atom. The smallest absolute Gasteiger partial charge is 0.387 e. The molecule has 0 bridgehead atoms. The zero-order valence-electron chi connectivity index (χ0n) is 12.1. The summed E-state index contributed by atoms with van der Waals surface area (Å²) < 4.78 is 35.0. The van der Waals surface area contributed by atoms with Crippen molar-refractivity contribution in [3.8, 4) is 22.8 Å². The average molecular weight is 323 g/mol. The Morgan fingerprint density at radius 1 is 1.26 bits per heavy atom. The van der Waals surface area contributed by atoms with Crippen LogP contribution >= 0.6 is 0 Å². The largest absolute Gasteiger partial charge is 0.691 e. The first kappa shape index (κ1) is 15.3. The predicted molar refractivity (Wildman–Crippen MR) is 77.9 cm³/mol. The number of rotatable bonds is 6. The molecule has 0 saturated heterocycles. The summed E-state index contributed by atoms with van der Waals surface area (Å²) >= 11 is 0. The molecule has 0 radical (unpaired) electrons. The fourth-order valence-electron chi connectivity index (χ4n) is 2.04. The number of benzene rings is 1. The Morgan fingerprint density at radius 2 is 2.04 bits per heavy atom. The Balaban J connectivity index is 1.90. The van der Waals surface area contributed by atoms with E-state index >= 15 is 0 Å². The lowest BCUT2D eigenvalue weighted by Gasteiger charge is -2.13. The number of nitrogens with zero attached hydrogens (tertiary/aromatic N) is 2. The van der Waals surface area contributed by atoms with E-state index in [0.717, 1.165) is 12.8 Å². The SMILES string of the molecule is Nc1ccc(-c2ccc(OC(F)F)c(OCC3CC3)c2)n[n+]1[O-]. The molecule has 6 nitrogen and oxygen atoms in total. The first-order valence-electron chi connectivity index (χ1n) is 7.11. The zero-order chi connectivity index (χ0) is 16.4. The lowest BCUT2D eigenvalue weighted by Crippen LogP contribution is -2.34. The van der Waals surface area contributed by atoms with E-state index in [-0.39, 0.29) is 17.3 Å². The van der Waals surface area contributed by atoms with Crippen LogP contribution in [0.25, 0.3) is 11.3 Å². The molecule has 1 aliphatic rings. The highest BCUT2D eigenvalue weighted by molar-refractivity contribution is 5.63. The molecule has 0 atom stereocenters. The van der Waals surface area contributed by atoms with E-state index < -0.39 is 6.61 Å². The molecule has 2 aromatic rings. The molecule has 1 aliphatic carbocycles. The van der Waals surface area contributed by atoms with E-state index in [4.69, 9.17) is 10.5 Å². The molecule has 1 heterocycles. The Kier molecular flexibility index (Phi) is 4.14. The summed E-state index contributed by atoms with van der Waals surface area (Å²) in [7, 11) is 0. The fraction of sp³-hybridized carbons (Fsp3) is 0.333. The summed E-state index contributed by atoms with van der Waals surface area (Å²) in [6, 6.07) is 7.41. The highest BCUT2D eigenvalue weighted by Crippen LogP contribution is 2.36. The monoisotopic (exact) mass is 323 g/mol. The molecule has 0 aliphatic heterocycles. The molecule has 23 heavy (non-hydrogen) atoms. The third-order valence-electron chi connectivity index (χ3n) is 3.46. The van der Waals surface area contributed by atoms with Gasteiger partial charge in [-0.15, -0.1) is 4.85 Å². The maximum absolute atomic E-state index is 12.5. The van der Waals surface area contributed by atoms with Gasteiger partial charge in [-0.2, -0.15) is 8.78 Å². The van der Waals surface area contributed by atoms with E-state index in [2.05, 4.69) is 9.84 Å². The quantitative estimate of drug-likeness (QED) is 0.651. The molecule has 1 fully saturated rings. The Hall–Kier alpha value is -2.64. The van der Waals surface area contributed by atoms with E-state index in [9.17, 15) is 14.0 Å². The maximum atomic E-state index is 12.5. The van der Waals surface area contributed by atoms with Crippen molar-refractivity contribution in [1.29, 1.82) is 0 Å². The van der Waals surface area contributed by atoms with Crippen molar-refractivity contribution in [2.45, 2.75) is 19.5 Å². The summed E-state index contributed by atoms with van der Waals surface area (Å²) in [4.78, 5) is 0.295. The number of nitrogens with two attached hydrogens (primary N) is 1. The van der Waals surface area contributed by atoms with Crippen molar-refractivity contribution >= 4 is 5.82 Å². The van der Waals surface area contributed by atoms with Gasteiger partial charge in [-0.25, -0.2) is 0 Å². The van der Waals surface area contributed by atoms with Crippen LogP contribution in [-0.2, 0) is 0 Å². The number of aromatic nitrogens is 2. The van der Waals surface area contributed by atoms with Crippen molar-refractivity contribution < 1.29 is 23.1 Å².